The van der Waals surface area contributed by atoms with Gasteiger partial charge in [-0.25, -0.2) is 13.2 Å². The minimum absolute atomic E-state index is 0.00689. The molecule has 1 aromatic rings. The number of hydrogen-bond donors (Lipinski definition) is 2. The molecule has 0 radical (unpaired) electrons. The third-order valence-corrected chi connectivity index (χ3v) is 6.42. The first-order valence-electron chi connectivity index (χ1n) is 7.92. The van der Waals surface area contributed by atoms with E-state index in [0.717, 1.165) is 18.6 Å². The number of furan rings is 1. The molecule has 2 aliphatic rings. The Morgan fingerprint density at radius 3 is 2.42 bits per heavy atom. The van der Waals surface area contributed by atoms with Crippen molar-refractivity contribution >= 4 is 21.9 Å². The van der Waals surface area contributed by atoms with Gasteiger partial charge < -0.3 is 14.8 Å². The van der Waals surface area contributed by atoms with Gasteiger partial charge in [0.15, 0.2) is 0 Å². The molecule has 2 fully saturated rings. The van der Waals surface area contributed by atoms with Crippen LogP contribution in [0.4, 0.5) is 0 Å². The molecule has 1 aromatic heterocycles. The molecule has 1 saturated heterocycles. The molecule has 2 N–H and O–H groups in total. The Morgan fingerprint density at radius 2 is 1.92 bits per heavy atom. The Labute approximate surface area is 139 Å². The summed E-state index contributed by atoms with van der Waals surface area (Å²) < 4.78 is 31.1. The number of amides is 1. The first-order valence-corrected chi connectivity index (χ1v) is 9.36. The highest BCUT2D eigenvalue weighted by atomic mass is 32.2. The largest absolute Gasteiger partial charge is 0.475 e. The number of rotatable bonds is 5. The van der Waals surface area contributed by atoms with E-state index in [0.29, 0.717) is 18.8 Å². The SMILES string of the molecule is CC1CC1NC(=O)C1CCN(S(=O)(=O)c2ccc(C(=O)O)o2)CC1. The number of carbonyl (C=O) groups is 2. The lowest BCUT2D eigenvalue weighted by atomic mass is 9.97. The summed E-state index contributed by atoms with van der Waals surface area (Å²) in [6.07, 6.45) is 1.89. The second-order valence-corrected chi connectivity index (χ2v) is 8.30. The number of sulfonamides is 1. The smallest absolute Gasteiger partial charge is 0.371 e. The molecule has 132 valence electrons. The molecule has 0 aromatic carbocycles. The van der Waals surface area contributed by atoms with Gasteiger partial charge in [-0.05, 0) is 37.3 Å². The average Bonchev–Trinajstić information content (AvgIpc) is 3.04. The Morgan fingerprint density at radius 1 is 1.29 bits per heavy atom. The summed E-state index contributed by atoms with van der Waals surface area (Å²) >= 11 is 0. The Hall–Kier alpha value is -1.87. The van der Waals surface area contributed by atoms with Crippen LogP contribution in [0.3, 0.4) is 0 Å². The lowest BCUT2D eigenvalue weighted by Crippen LogP contribution is -2.43. The van der Waals surface area contributed by atoms with Crippen LogP contribution in [0.5, 0.6) is 0 Å². The average molecular weight is 356 g/mol. The van der Waals surface area contributed by atoms with E-state index >= 15 is 0 Å². The quantitative estimate of drug-likeness (QED) is 0.810. The molecule has 3 rings (SSSR count). The maximum Gasteiger partial charge on any atom is 0.371 e. The minimum Gasteiger partial charge on any atom is -0.475 e. The van der Waals surface area contributed by atoms with Crippen LogP contribution in [-0.4, -0.2) is 48.8 Å². The van der Waals surface area contributed by atoms with Crippen molar-refractivity contribution in [3.05, 3.63) is 17.9 Å². The lowest BCUT2D eigenvalue weighted by Gasteiger charge is -2.29. The highest BCUT2D eigenvalue weighted by molar-refractivity contribution is 7.89. The molecule has 0 bridgehead atoms. The van der Waals surface area contributed by atoms with E-state index in [1.54, 1.807) is 0 Å². The summed E-state index contributed by atoms with van der Waals surface area (Å²) in [6, 6.07) is 2.52. The van der Waals surface area contributed by atoms with Crippen molar-refractivity contribution in [1.82, 2.24) is 9.62 Å². The third-order valence-electron chi connectivity index (χ3n) is 4.65. The van der Waals surface area contributed by atoms with Gasteiger partial charge in [-0.1, -0.05) is 6.92 Å². The fraction of sp³-hybridized carbons (Fsp3) is 0.600. The number of piperidine rings is 1. The topological polar surface area (TPSA) is 117 Å². The number of nitrogens with zero attached hydrogens (tertiary/aromatic N) is 1. The van der Waals surface area contributed by atoms with Crippen molar-refractivity contribution in [3.8, 4) is 0 Å². The molecule has 9 heteroatoms. The van der Waals surface area contributed by atoms with E-state index in [-0.39, 0.29) is 36.0 Å². The van der Waals surface area contributed by atoms with Crippen molar-refractivity contribution in [2.45, 2.75) is 37.3 Å². The van der Waals surface area contributed by atoms with Gasteiger partial charge in [0.25, 0.3) is 10.0 Å². The minimum atomic E-state index is -3.87. The number of carbonyl (C=O) groups excluding carboxylic acids is 1. The van der Waals surface area contributed by atoms with Crippen LogP contribution in [0, 0.1) is 11.8 Å². The molecule has 2 unspecified atom stereocenters. The van der Waals surface area contributed by atoms with Gasteiger partial charge in [0.1, 0.15) is 0 Å². The van der Waals surface area contributed by atoms with Gasteiger partial charge in [0.2, 0.25) is 16.8 Å². The Kier molecular flexibility index (Phi) is 4.39. The molecular formula is C15H20N2O6S. The summed E-state index contributed by atoms with van der Waals surface area (Å²) in [6.45, 7) is 2.50. The number of carboxylic acid groups (broad SMARTS) is 1. The van der Waals surface area contributed by atoms with Crippen molar-refractivity contribution in [3.63, 3.8) is 0 Å². The van der Waals surface area contributed by atoms with Gasteiger partial charge in [0, 0.05) is 25.0 Å². The molecular weight excluding hydrogens is 336 g/mol. The summed E-state index contributed by atoms with van der Waals surface area (Å²) in [5, 5.41) is 11.4. The lowest BCUT2D eigenvalue weighted by molar-refractivity contribution is -0.126. The van der Waals surface area contributed by atoms with Crippen LogP contribution in [0.15, 0.2) is 21.6 Å². The molecule has 2 atom stereocenters. The summed E-state index contributed by atoms with van der Waals surface area (Å²) in [4.78, 5) is 22.9. The van der Waals surface area contributed by atoms with E-state index in [1.165, 1.54) is 4.31 Å². The Balaban J connectivity index is 1.60. The van der Waals surface area contributed by atoms with Crippen molar-refractivity contribution in [2.75, 3.05) is 13.1 Å². The van der Waals surface area contributed by atoms with Gasteiger partial charge in [-0.3, -0.25) is 4.79 Å². The number of hydrogen-bond acceptors (Lipinski definition) is 5. The number of carboxylic acids is 1. The van der Waals surface area contributed by atoms with Crippen LogP contribution in [0.1, 0.15) is 36.7 Å². The molecule has 1 amide bonds. The van der Waals surface area contributed by atoms with Crippen molar-refractivity contribution in [1.29, 1.82) is 0 Å². The Bertz CT molecular complexity index is 748. The number of aromatic carboxylic acids is 1. The normalized spacial score (nSPS) is 25.4. The molecule has 24 heavy (non-hydrogen) atoms. The third kappa shape index (κ3) is 3.32. The molecule has 8 nitrogen and oxygen atoms in total. The van der Waals surface area contributed by atoms with E-state index in [2.05, 4.69) is 12.2 Å². The van der Waals surface area contributed by atoms with Crippen LogP contribution in [0.2, 0.25) is 0 Å². The highest BCUT2D eigenvalue weighted by Crippen LogP contribution is 2.30. The van der Waals surface area contributed by atoms with Crippen LogP contribution < -0.4 is 5.32 Å². The van der Waals surface area contributed by atoms with Gasteiger partial charge in [-0.15, -0.1) is 0 Å². The first-order chi connectivity index (χ1) is 11.3. The predicted octanol–water partition coefficient (Wildman–Crippen LogP) is 0.903. The van der Waals surface area contributed by atoms with Crippen molar-refractivity contribution < 1.29 is 27.5 Å². The van der Waals surface area contributed by atoms with E-state index in [4.69, 9.17) is 9.52 Å². The number of nitrogens with one attached hydrogen (secondary N) is 1. The van der Waals surface area contributed by atoms with Crippen LogP contribution >= 0.6 is 0 Å². The van der Waals surface area contributed by atoms with Gasteiger partial charge in [-0.2, -0.15) is 4.31 Å². The standard InChI is InChI=1S/C15H20N2O6S/c1-9-8-11(9)16-14(18)10-4-6-17(7-5-10)24(21,22)13-3-2-12(23-13)15(19)20/h2-3,9-11H,4-8H2,1H3,(H,16,18)(H,19,20). The second kappa shape index (κ2) is 6.21. The molecule has 1 saturated carbocycles. The van der Waals surface area contributed by atoms with Gasteiger partial charge >= 0.3 is 5.97 Å². The highest BCUT2D eigenvalue weighted by Gasteiger charge is 2.38. The van der Waals surface area contributed by atoms with Crippen LogP contribution in [0.25, 0.3) is 0 Å². The maximum absolute atomic E-state index is 12.5. The summed E-state index contributed by atoms with van der Waals surface area (Å²) in [5.74, 6) is -1.40. The zero-order valence-electron chi connectivity index (χ0n) is 13.3. The summed E-state index contributed by atoms with van der Waals surface area (Å²) in [7, 11) is -3.87. The maximum atomic E-state index is 12.5. The first kappa shape index (κ1) is 17.0. The summed E-state index contributed by atoms with van der Waals surface area (Å²) in [5.41, 5.74) is 0. The monoisotopic (exact) mass is 356 g/mol. The molecule has 0 spiro atoms. The zero-order valence-corrected chi connectivity index (χ0v) is 14.1. The van der Waals surface area contributed by atoms with Crippen molar-refractivity contribution in [2.24, 2.45) is 11.8 Å². The van der Waals surface area contributed by atoms with Crippen LogP contribution in [-0.2, 0) is 14.8 Å². The fourth-order valence-electron chi connectivity index (χ4n) is 2.88. The predicted molar refractivity (Wildman–Crippen MR) is 82.9 cm³/mol. The van der Waals surface area contributed by atoms with E-state index in [1.807, 2.05) is 0 Å². The molecule has 1 aliphatic heterocycles. The van der Waals surface area contributed by atoms with E-state index < -0.39 is 21.8 Å². The second-order valence-electron chi connectivity index (χ2n) is 6.43. The zero-order chi connectivity index (χ0) is 17.5. The van der Waals surface area contributed by atoms with E-state index in [9.17, 15) is 18.0 Å². The molecule has 2 heterocycles. The molecule has 1 aliphatic carbocycles. The van der Waals surface area contributed by atoms with Gasteiger partial charge in [0.05, 0.1) is 0 Å². The fourth-order valence-corrected chi connectivity index (χ4v) is 4.26.